The standard InChI is InChI=1S/C14H11NO2/c16-14(17)10-9-12-7-4-8-13(15-12)11-5-2-1-3-6-11/h1-10H,(H,16,17). The number of rotatable bonds is 3. The van der Waals surface area contributed by atoms with E-state index >= 15 is 0 Å². The van der Waals surface area contributed by atoms with Crippen molar-refractivity contribution in [2.75, 3.05) is 0 Å². The number of carboxylic acids is 1. The predicted octanol–water partition coefficient (Wildman–Crippen LogP) is 2.85. The van der Waals surface area contributed by atoms with Crippen LogP contribution in [0.25, 0.3) is 17.3 Å². The van der Waals surface area contributed by atoms with E-state index in [1.54, 1.807) is 6.07 Å². The fourth-order valence-corrected chi connectivity index (χ4v) is 1.47. The molecular weight excluding hydrogens is 214 g/mol. The molecule has 0 fully saturated rings. The fourth-order valence-electron chi connectivity index (χ4n) is 1.47. The Labute approximate surface area is 99.1 Å². The highest BCUT2D eigenvalue weighted by molar-refractivity contribution is 5.85. The highest BCUT2D eigenvalue weighted by Crippen LogP contribution is 2.16. The average Bonchev–Trinajstić information content (AvgIpc) is 2.38. The highest BCUT2D eigenvalue weighted by atomic mass is 16.4. The van der Waals surface area contributed by atoms with Crippen LogP contribution >= 0.6 is 0 Å². The van der Waals surface area contributed by atoms with Crippen molar-refractivity contribution in [1.82, 2.24) is 4.98 Å². The van der Waals surface area contributed by atoms with Crippen LogP contribution in [0.5, 0.6) is 0 Å². The summed E-state index contributed by atoms with van der Waals surface area (Å²) in [5.74, 6) is -0.975. The molecule has 0 bridgehead atoms. The molecule has 84 valence electrons. The lowest BCUT2D eigenvalue weighted by Gasteiger charge is -2.01. The molecular formula is C14H11NO2. The minimum Gasteiger partial charge on any atom is -0.478 e. The molecule has 1 heterocycles. The summed E-state index contributed by atoms with van der Waals surface area (Å²) >= 11 is 0. The van der Waals surface area contributed by atoms with Crippen molar-refractivity contribution in [1.29, 1.82) is 0 Å². The average molecular weight is 225 g/mol. The minimum absolute atomic E-state index is 0.633. The van der Waals surface area contributed by atoms with Gasteiger partial charge in [0, 0.05) is 11.6 Å². The highest BCUT2D eigenvalue weighted by Gasteiger charge is 1.98. The van der Waals surface area contributed by atoms with Gasteiger partial charge in [-0.2, -0.15) is 0 Å². The zero-order chi connectivity index (χ0) is 12.1. The van der Waals surface area contributed by atoms with Gasteiger partial charge in [0.25, 0.3) is 0 Å². The Morgan fingerprint density at radius 1 is 1.06 bits per heavy atom. The van der Waals surface area contributed by atoms with Crippen molar-refractivity contribution < 1.29 is 9.90 Å². The van der Waals surface area contributed by atoms with Crippen LogP contribution in [0.15, 0.2) is 54.6 Å². The molecule has 0 amide bonds. The third kappa shape index (κ3) is 3.01. The van der Waals surface area contributed by atoms with E-state index in [0.717, 1.165) is 17.3 Å². The van der Waals surface area contributed by atoms with E-state index in [0.29, 0.717) is 5.69 Å². The molecule has 3 heteroatoms. The van der Waals surface area contributed by atoms with Crippen LogP contribution in [0.1, 0.15) is 5.69 Å². The van der Waals surface area contributed by atoms with Crippen molar-refractivity contribution in [2.45, 2.75) is 0 Å². The number of aliphatic carboxylic acids is 1. The van der Waals surface area contributed by atoms with Crippen LogP contribution in [0.3, 0.4) is 0 Å². The summed E-state index contributed by atoms with van der Waals surface area (Å²) in [4.78, 5) is 14.8. The van der Waals surface area contributed by atoms with Crippen LogP contribution in [0.4, 0.5) is 0 Å². The SMILES string of the molecule is O=C(O)C=Cc1cccc(-c2ccccc2)n1. The molecule has 3 nitrogen and oxygen atoms in total. The molecule has 0 unspecified atom stereocenters. The van der Waals surface area contributed by atoms with Gasteiger partial charge in [0.2, 0.25) is 0 Å². The summed E-state index contributed by atoms with van der Waals surface area (Å²) in [6.45, 7) is 0. The third-order valence-corrected chi connectivity index (χ3v) is 2.24. The van der Waals surface area contributed by atoms with Gasteiger partial charge in [-0.3, -0.25) is 0 Å². The van der Waals surface area contributed by atoms with Gasteiger partial charge in [0.05, 0.1) is 11.4 Å². The maximum absolute atomic E-state index is 10.4. The van der Waals surface area contributed by atoms with Crippen LogP contribution < -0.4 is 0 Å². The minimum atomic E-state index is -0.975. The molecule has 2 rings (SSSR count). The summed E-state index contributed by atoms with van der Waals surface area (Å²) in [6.07, 6.45) is 2.56. The van der Waals surface area contributed by atoms with E-state index in [2.05, 4.69) is 4.98 Å². The number of hydrogen-bond donors (Lipinski definition) is 1. The number of pyridine rings is 1. The summed E-state index contributed by atoms with van der Waals surface area (Å²) < 4.78 is 0. The lowest BCUT2D eigenvalue weighted by Crippen LogP contribution is -1.89. The van der Waals surface area contributed by atoms with Gasteiger partial charge in [-0.15, -0.1) is 0 Å². The number of nitrogens with zero attached hydrogens (tertiary/aromatic N) is 1. The number of carbonyl (C=O) groups is 1. The summed E-state index contributed by atoms with van der Waals surface area (Å²) in [6, 6.07) is 15.3. The molecule has 0 saturated heterocycles. The molecule has 1 aromatic heterocycles. The van der Waals surface area contributed by atoms with Crippen LogP contribution in [0.2, 0.25) is 0 Å². The maximum atomic E-state index is 10.4. The van der Waals surface area contributed by atoms with Gasteiger partial charge in [-0.05, 0) is 18.2 Å². The molecule has 1 N–H and O–H groups in total. The van der Waals surface area contributed by atoms with Gasteiger partial charge in [0.15, 0.2) is 0 Å². The molecule has 1 aromatic carbocycles. The second-order valence-corrected chi connectivity index (χ2v) is 3.49. The topological polar surface area (TPSA) is 50.2 Å². The first-order valence-corrected chi connectivity index (χ1v) is 5.19. The van der Waals surface area contributed by atoms with E-state index in [9.17, 15) is 4.79 Å². The van der Waals surface area contributed by atoms with E-state index < -0.39 is 5.97 Å². The van der Waals surface area contributed by atoms with Crippen molar-refractivity contribution in [3.05, 3.63) is 60.3 Å². The van der Waals surface area contributed by atoms with Gasteiger partial charge in [-0.25, -0.2) is 9.78 Å². The Kier molecular flexibility index (Phi) is 3.31. The molecule has 0 aliphatic rings. The third-order valence-electron chi connectivity index (χ3n) is 2.24. The van der Waals surface area contributed by atoms with Crippen LogP contribution in [0, 0.1) is 0 Å². The molecule has 0 atom stereocenters. The van der Waals surface area contributed by atoms with Gasteiger partial charge < -0.3 is 5.11 Å². The zero-order valence-corrected chi connectivity index (χ0v) is 9.08. The fraction of sp³-hybridized carbons (Fsp3) is 0. The first-order valence-electron chi connectivity index (χ1n) is 5.19. The van der Waals surface area contributed by atoms with Crippen molar-refractivity contribution in [3.63, 3.8) is 0 Å². The zero-order valence-electron chi connectivity index (χ0n) is 9.08. The monoisotopic (exact) mass is 225 g/mol. The smallest absolute Gasteiger partial charge is 0.328 e. The van der Waals surface area contributed by atoms with Gasteiger partial charge in [0.1, 0.15) is 0 Å². The lowest BCUT2D eigenvalue weighted by atomic mass is 10.1. The first-order chi connectivity index (χ1) is 8.25. The normalized spacial score (nSPS) is 10.6. The Balaban J connectivity index is 2.32. The number of carboxylic acid groups (broad SMARTS) is 1. The second kappa shape index (κ2) is 5.07. The Morgan fingerprint density at radius 2 is 1.82 bits per heavy atom. The largest absolute Gasteiger partial charge is 0.478 e. The van der Waals surface area contributed by atoms with Crippen molar-refractivity contribution >= 4 is 12.0 Å². The summed E-state index contributed by atoms with van der Waals surface area (Å²) in [5.41, 5.74) is 2.48. The van der Waals surface area contributed by atoms with E-state index in [4.69, 9.17) is 5.11 Å². The molecule has 2 aromatic rings. The summed E-state index contributed by atoms with van der Waals surface area (Å²) in [7, 11) is 0. The Hall–Kier alpha value is -2.42. The van der Waals surface area contributed by atoms with Crippen molar-refractivity contribution in [2.24, 2.45) is 0 Å². The second-order valence-electron chi connectivity index (χ2n) is 3.49. The van der Waals surface area contributed by atoms with Gasteiger partial charge >= 0.3 is 5.97 Å². The quantitative estimate of drug-likeness (QED) is 0.817. The Bertz CT molecular complexity index is 547. The summed E-state index contributed by atoms with van der Waals surface area (Å²) in [5, 5.41) is 8.55. The molecule has 0 radical (unpaired) electrons. The molecule has 0 saturated carbocycles. The number of hydrogen-bond acceptors (Lipinski definition) is 2. The van der Waals surface area contributed by atoms with Crippen molar-refractivity contribution in [3.8, 4) is 11.3 Å². The van der Waals surface area contributed by atoms with E-state index in [1.807, 2.05) is 42.5 Å². The first kappa shape index (κ1) is 11.1. The number of aromatic nitrogens is 1. The van der Waals surface area contributed by atoms with Gasteiger partial charge in [-0.1, -0.05) is 36.4 Å². The molecule has 17 heavy (non-hydrogen) atoms. The van der Waals surface area contributed by atoms with Crippen LogP contribution in [-0.4, -0.2) is 16.1 Å². The predicted molar refractivity (Wildman–Crippen MR) is 66.3 cm³/mol. The van der Waals surface area contributed by atoms with E-state index in [-0.39, 0.29) is 0 Å². The molecule has 0 spiro atoms. The molecule has 0 aliphatic carbocycles. The van der Waals surface area contributed by atoms with Crippen LogP contribution in [-0.2, 0) is 4.79 Å². The Morgan fingerprint density at radius 3 is 2.53 bits per heavy atom. The number of benzene rings is 1. The lowest BCUT2D eigenvalue weighted by molar-refractivity contribution is -0.131. The van der Waals surface area contributed by atoms with E-state index in [1.165, 1.54) is 6.08 Å². The molecule has 0 aliphatic heterocycles. The maximum Gasteiger partial charge on any atom is 0.328 e.